The van der Waals surface area contributed by atoms with Crippen molar-refractivity contribution in [2.45, 2.75) is 26.3 Å². The lowest BCUT2D eigenvalue weighted by atomic mass is 9.99. The Morgan fingerprint density at radius 1 is 1.08 bits per heavy atom. The highest BCUT2D eigenvalue weighted by Crippen LogP contribution is 2.38. The van der Waals surface area contributed by atoms with Gasteiger partial charge in [-0.15, -0.1) is 0 Å². The molecule has 1 heterocycles. The van der Waals surface area contributed by atoms with Gasteiger partial charge in [0, 0.05) is 30.3 Å². The molecular weight excluding hydrogens is 312 g/mol. The van der Waals surface area contributed by atoms with Gasteiger partial charge in [0.1, 0.15) is 0 Å². The quantitative estimate of drug-likeness (QED) is 0.934. The number of hydrogen-bond acceptors (Lipinski definition) is 2. The fourth-order valence-corrected chi connectivity index (χ4v) is 3.50. The molecule has 128 valence electrons. The molecule has 2 amide bonds. The highest BCUT2D eigenvalue weighted by molar-refractivity contribution is 5.98. The average molecular weight is 334 g/mol. The van der Waals surface area contributed by atoms with E-state index in [9.17, 15) is 9.59 Å². The van der Waals surface area contributed by atoms with Crippen LogP contribution in [-0.4, -0.2) is 23.3 Å². The summed E-state index contributed by atoms with van der Waals surface area (Å²) < 4.78 is 0. The Labute approximate surface area is 147 Å². The first-order chi connectivity index (χ1) is 12.1. The number of nitrogens with one attached hydrogen (secondary N) is 1. The SMILES string of the molecule is CC1CC1C(=O)Nc1cccc(C(=O)N2CCc3ccccc3C2)c1. The normalized spacial score (nSPS) is 21.4. The van der Waals surface area contributed by atoms with Crippen LogP contribution in [0, 0.1) is 11.8 Å². The van der Waals surface area contributed by atoms with E-state index in [0.29, 0.717) is 23.7 Å². The first kappa shape index (κ1) is 15.9. The van der Waals surface area contributed by atoms with Crippen molar-refractivity contribution in [1.82, 2.24) is 4.90 Å². The van der Waals surface area contributed by atoms with Crippen LogP contribution in [0.2, 0.25) is 0 Å². The Morgan fingerprint density at radius 3 is 2.60 bits per heavy atom. The number of nitrogens with zero attached hydrogens (tertiary/aromatic N) is 1. The third-order valence-corrected chi connectivity index (χ3v) is 5.24. The number of amides is 2. The molecule has 2 unspecified atom stereocenters. The summed E-state index contributed by atoms with van der Waals surface area (Å²) in [4.78, 5) is 26.8. The zero-order chi connectivity index (χ0) is 17.4. The summed E-state index contributed by atoms with van der Waals surface area (Å²) in [5.41, 5.74) is 3.87. The fraction of sp³-hybridized carbons (Fsp3) is 0.333. The van der Waals surface area contributed by atoms with E-state index in [0.717, 1.165) is 19.4 Å². The Balaban J connectivity index is 1.47. The summed E-state index contributed by atoms with van der Waals surface area (Å²) in [6.45, 7) is 3.45. The number of fused-ring (bicyclic) bond motifs is 1. The van der Waals surface area contributed by atoms with E-state index in [1.807, 2.05) is 35.2 Å². The number of carbonyl (C=O) groups is 2. The summed E-state index contributed by atoms with van der Waals surface area (Å²) in [5.74, 6) is 0.672. The van der Waals surface area contributed by atoms with Gasteiger partial charge in [-0.1, -0.05) is 37.3 Å². The Kier molecular flexibility index (Phi) is 4.04. The molecule has 25 heavy (non-hydrogen) atoms. The molecule has 4 heteroatoms. The predicted molar refractivity (Wildman–Crippen MR) is 97.2 cm³/mol. The van der Waals surface area contributed by atoms with Crippen LogP contribution in [-0.2, 0) is 17.8 Å². The molecule has 1 fully saturated rings. The van der Waals surface area contributed by atoms with Crippen molar-refractivity contribution >= 4 is 17.5 Å². The summed E-state index contributed by atoms with van der Waals surface area (Å²) in [6.07, 6.45) is 1.84. The van der Waals surface area contributed by atoms with Crippen LogP contribution >= 0.6 is 0 Å². The minimum Gasteiger partial charge on any atom is -0.334 e. The summed E-state index contributed by atoms with van der Waals surface area (Å²) in [6, 6.07) is 15.6. The number of benzene rings is 2. The van der Waals surface area contributed by atoms with Gasteiger partial charge in [0.2, 0.25) is 5.91 Å². The molecule has 1 aliphatic heterocycles. The molecule has 2 atom stereocenters. The molecule has 0 saturated heterocycles. The Hall–Kier alpha value is -2.62. The van der Waals surface area contributed by atoms with Gasteiger partial charge in [0.15, 0.2) is 0 Å². The largest absolute Gasteiger partial charge is 0.334 e. The van der Waals surface area contributed by atoms with E-state index < -0.39 is 0 Å². The third-order valence-electron chi connectivity index (χ3n) is 5.24. The molecule has 1 N–H and O–H groups in total. The van der Waals surface area contributed by atoms with Crippen molar-refractivity contribution in [2.24, 2.45) is 11.8 Å². The highest BCUT2D eigenvalue weighted by atomic mass is 16.2. The van der Waals surface area contributed by atoms with Crippen molar-refractivity contribution in [2.75, 3.05) is 11.9 Å². The molecule has 1 aliphatic carbocycles. The average Bonchev–Trinajstić information content (AvgIpc) is 3.38. The fourth-order valence-electron chi connectivity index (χ4n) is 3.50. The predicted octanol–water partition coefficient (Wildman–Crippen LogP) is 3.48. The van der Waals surface area contributed by atoms with Crippen LogP contribution in [0.3, 0.4) is 0 Å². The van der Waals surface area contributed by atoms with Crippen LogP contribution in [0.4, 0.5) is 5.69 Å². The van der Waals surface area contributed by atoms with Crippen LogP contribution < -0.4 is 5.32 Å². The molecular formula is C21H22N2O2. The summed E-state index contributed by atoms with van der Waals surface area (Å²) in [5, 5.41) is 2.94. The van der Waals surface area contributed by atoms with Gasteiger partial charge < -0.3 is 10.2 Å². The zero-order valence-corrected chi connectivity index (χ0v) is 14.4. The van der Waals surface area contributed by atoms with Crippen molar-refractivity contribution in [3.05, 3.63) is 65.2 Å². The molecule has 2 aliphatic rings. The van der Waals surface area contributed by atoms with E-state index in [1.165, 1.54) is 11.1 Å². The maximum atomic E-state index is 12.9. The second-order valence-corrected chi connectivity index (χ2v) is 7.13. The van der Waals surface area contributed by atoms with Gasteiger partial charge in [-0.25, -0.2) is 0 Å². The lowest BCUT2D eigenvalue weighted by molar-refractivity contribution is -0.117. The first-order valence-electron chi connectivity index (χ1n) is 8.89. The van der Waals surface area contributed by atoms with Gasteiger partial charge in [-0.2, -0.15) is 0 Å². The molecule has 0 bridgehead atoms. The van der Waals surface area contributed by atoms with Gasteiger partial charge in [-0.05, 0) is 48.1 Å². The Morgan fingerprint density at radius 2 is 1.84 bits per heavy atom. The van der Waals surface area contributed by atoms with E-state index >= 15 is 0 Å². The molecule has 2 aromatic rings. The lowest BCUT2D eigenvalue weighted by Gasteiger charge is -2.29. The topological polar surface area (TPSA) is 49.4 Å². The van der Waals surface area contributed by atoms with Crippen LogP contribution in [0.1, 0.15) is 34.8 Å². The molecule has 2 aromatic carbocycles. The van der Waals surface area contributed by atoms with Crippen molar-refractivity contribution in [1.29, 1.82) is 0 Å². The highest BCUT2D eigenvalue weighted by Gasteiger charge is 2.39. The molecule has 0 aromatic heterocycles. The molecule has 0 spiro atoms. The second kappa shape index (κ2) is 6.36. The summed E-state index contributed by atoms with van der Waals surface area (Å²) in [7, 11) is 0. The maximum absolute atomic E-state index is 12.9. The molecule has 4 nitrogen and oxygen atoms in total. The molecule has 1 saturated carbocycles. The lowest BCUT2D eigenvalue weighted by Crippen LogP contribution is -2.35. The number of hydrogen-bond donors (Lipinski definition) is 1. The zero-order valence-electron chi connectivity index (χ0n) is 14.4. The van der Waals surface area contributed by atoms with E-state index in [4.69, 9.17) is 0 Å². The monoisotopic (exact) mass is 334 g/mol. The van der Waals surface area contributed by atoms with Crippen molar-refractivity contribution in [3.8, 4) is 0 Å². The minimum atomic E-state index is 0.0189. The van der Waals surface area contributed by atoms with Gasteiger partial charge >= 0.3 is 0 Å². The molecule has 4 rings (SSSR count). The first-order valence-corrected chi connectivity index (χ1v) is 8.89. The summed E-state index contributed by atoms with van der Waals surface area (Å²) >= 11 is 0. The van der Waals surface area contributed by atoms with Crippen molar-refractivity contribution in [3.63, 3.8) is 0 Å². The van der Waals surface area contributed by atoms with E-state index in [2.05, 4.69) is 24.4 Å². The van der Waals surface area contributed by atoms with Gasteiger partial charge in [-0.3, -0.25) is 9.59 Å². The smallest absolute Gasteiger partial charge is 0.254 e. The van der Waals surface area contributed by atoms with Crippen LogP contribution in [0.25, 0.3) is 0 Å². The number of rotatable bonds is 3. The third kappa shape index (κ3) is 3.29. The van der Waals surface area contributed by atoms with E-state index in [-0.39, 0.29) is 17.7 Å². The van der Waals surface area contributed by atoms with Crippen molar-refractivity contribution < 1.29 is 9.59 Å². The Bertz CT molecular complexity index is 830. The number of anilines is 1. The second-order valence-electron chi connectivity index (χ2n) is 7.13. The number of carbonyl (C=O) groups excluding carboxylic acids is 2. The van der Waals surface area contributed by atoms with Gasteiger partial charge in [0.05, 0.1) is 0 Å². The van der Waals surface area contributed by atoms with Crippen LogP contribution in [0.5, 0.6) is 0 Å². The standard InChI is InChI=1S/C21H22N2O2/c1-14-11-19(14)20(24)22-18-8-4-7-16(12-18)21(25)23-10-9-15-5-2-3-6-17(15)13-23/h2-8,12,14,19H,9-11,13H2,1H3,(H,22,24). The van der Waals surface area contributed by atoms with E-state index in [1.54, 1.807) is 6.07 Å². The minimum absolute atomic E-state index is 0.0189. The van der Waals surface area contributed by atoms with Gasteiger partial charge in [0.25, 0.3) is 5.91 Å². The molecule has 0 radical (unpaired) electrons. The maximum Gasteiger partial charge on any atom is 0.254 e. The van der Waals surface area contributed by atoms with Crippen LogP contribution in [0.15, 0.2) is 48.5 Å².